The lowest BCUT2D eigenvalue weighted by Gasteiger charge is -2.06. The normalized spacial score (nSPS) is 10.5. The number of aryl methyl sites for hydroxylation is 1. The molecule has 0 aliphatic carbocycles. The molecule has 0 spiro atoms. The number of aromatic nitrogens is 3. The minimum atomic E-state index is -0.0329. The molecular weight excluding hydrogens is 296 g/mol. The highest BCUT2D eigenvalue weighted by Gasteiger charge is 2.09. The summed E-state index contributed by atoms with van der Waals surface area (Å²) >= 11 is 1.34. The Morgan fingerprint density at radius 3 is 2.77 bits per heavy atom. The molecule has 5 nitrogen and oxygen atoms in total. The van der Waals surface area contributed by atoms with Crippen molar-refractivity contribution in [3.63, 3.8) is 0 Å². The van der Waals surface area contributed by atoms with Crippen molar-refractivity contribution < 1.29 is 4.79 Å². The molecule has 0 radical (unpaired) electrons. The average molecular weight is 310 g/mol. The van der Waals surface area contributed by atoms with Crippen molar-refractivity contribution in [2.45, 2.75) is 13.8 Å². The van der Waals surface area contributed by atoms with Gasteiger partial charge in [0.25, 0.3) is 0 Å². The standard InChI is InChI=1S/C16H14N4OS/c1-10-6-7-17-15(8-10)20-14-5-3-4-12(19-14)13-9-18-16(22-13)11(2)21/h3-9H,1-2H3,(H,17,19,20). The number of thiazole rings is 1. The first-order valence-electron chi connectivity index (χ1n) is 6.76. The number of nitrogens with zero attached hydrogens (tertiary/aromatic N) is 3. The maximum Gasteiger partial charge on any atom is 0.188 e. The van der Waals surface area contributed by atoms with Crippen LogP contribution in [-0.4, -0.2) is 20.7 Å². The summed E-state index contributed by atoms with van der Waals surface area (Å²) in [7, 11) is 0. The Labute approximate surface area is 132 Å². The summed E-state index contributed by atoms with van der Waals surface area (Å²) in [6, 6.07) is 9.57. The fourth-order valence-electron chi connectivity index (χ4n) is 1.93. The van der Waals surface area contributed by atoms with Crippen LogP contribution < -0.4 is 5.32 Å². The topological polar surface area (TPSA) is 67.8 Å². The number of carbonyl (C=O) groups excluding carboxylic acids is 1. The fourth-order valence-corrected chi connectivity index (χ4v) is 2.71. The summed E-state index contributed by atoms with van der Waals surface area (Å²) < 4.78 is 0. The van der Waals surface area contributed by atoms with Gasteiger partial charge >= 0.3 is 0 Å². The first-order valence-corrected chi connectivity index (χ1v) is 7.57. The largest absolute Gasteiger partial charge is 0.325 e. The van der Waals surface area contributed by atoms with Crippen molar-refractivity contribution in [2.24, 2.45) is 0 Å². The van der Waals surface area contributed by atoms with Crippen LogP contribution in [-0.2, 0) is 0 Å². The molecule has 0 saturated heterocycles. The molecule has 0 atom stereocenters. The van der Waals surface area contributed by atoms with Gasteiger partial charge < -0.3 is 5.32 Å². The Morgan fingerprint density at radius 2 is 2.05 bits per heavy atom. The summed E-state index contributed by atoms with van der Waals surface area (Å²) in [5.41, 5.74) is 1.91. The molecular formula is C16H14N4OS. The molecule has 110 valence electrons. The van der Waals surface area contributed by atoms with E-state index in [0.717, 1.165) is 22.0 Å². The molecule has 0 unspecified atom stereocenters. The van der Waals surface area contributed by atoms with Crippen LogP contribution in [0.3, 0.4) is 0 Å². The van der Waals surface area contributed by atoms with Crippen molar-refractivity contribution >= 4 is 28.8 Å². The van der Waals surface area contributed by atoms with Crippen molar-refractivity contribution in [3.05, 3.63) is 53.3 Å². The number of ketones is 1. The van der Waals surface area contributed by atoms with Gasteiger partial charge in [0, 0.05) is 19.3 Å². The van der Waals surface area contributed by atoms with Crippen LogP contribution in [0.1, 0.15) is 22.3 Å². The predicted molar refractivity (Wildman–Crippen MR) is 87.6 cm³/mol. The summed E-state index contributed by atoms with van der Waals surface area (Å²) in [4.78, 5) is 25.1. The van der Waals surface area contributed by atoms with Crippen molar-refractivity contribution in [2.75, 3.05) is 5.32 Å². The molecule has 0 bridgehead atoms. The summed E-state index contributed by atoms with van der Waals surface area (Å²) in [5.74, 6) is 1.42. The second-order valence-electron chi connectivity index (χ2n) is 4.84. The van der Waals surface area contributed by atoms with Gasteiger partial charge in [-0.25, -0.2) is 15.0 Å². The summed E-state index contributed by atoms with van der Waals surface area (Å²) in [5, 5.41) is 3.68. The lowest BCUT2D eigenvalue weighted by atomic mass is 10.3. The van der Waals surface area contributed by atoms with Gasteiger partial charge in [-0.05, 0) is 36.8 Å². The zero-order valence-electron chi connectivity index (χ0n) is 12.2. The van der Waals surface area contributed by atoms with Crippen LogP contribution in [0.2, 0.25) is 0 Å². The van der Waals surface area contributed by atoms with Gasteiger partial charge in [-0.2, -0.15) is 0 Å². The lowest BCUT2D eigenvalue weighted by Crippen LogP contribution is -1.96. The number of Topliss-reactive ketones (excluding diaryl/α,β-unsaturated/α-hetero) is 1. The van der Waals surface area contributed by atoms with E-state index < -0.39 is 0 Å². The zero-order valence-corrected chi connectivity index (χ0v) is 13.0. The fraction of sp³-hybridized carbons (Fsp3) is 0.125. The SMILES string of the molecule is CC(=O)c1ncc(-c2cccc(Nc3cc(C)ccn3)n2)s1. The quantitative estimate of drug-likeness (QED) is 0.741. The minimum absolute atomic E-state index is 0.0329. The molecule has 3 rings (SSSR count). The molecule has 0 aromatic carbocycles. The highest BCUT2D eigenvalue weighted by molar-refractivity contribution is 7.16. The van der Waals surface area contributed by atoms with Crippen molar-refractivity contribution in [1.82, 2.24) is 15.0 Å². The molecule has 0 fully saturated rings. The first-order chi connectivity index (χ1) is 10.6. The van der Waals surface area contributed by atoms with Crippen LogP contribution in [0.15, 0.2) is 42.7 Å². The van der Waals surface area contributed by atoms with Gasteiger partial charge in [-0.15, -0.1) is 11.3 Å². The molecule has 3 heterocycles. The second kappa shape index (κ2) is 6.03. The third kappa shape index (κ3) is 3.17. The van der Waals surface area contributed by atoms with E-state index in [-0.39, 0.29) is 5.78 Å². The zero-order chi connectivity index (χ0) is 15.5. The van der Waals surface area contributed by atoms with E-state index in [9.17, 15) is 4.79 Å². The number of pyridine rings is 2. The molecule has 0 saturated carbocycles. The molecule has 1 N–H and O–H groups in total. The Hall–Kier alpha value is -2.60. The first kappa shape index (κ1) is 14.3. The summed E-state index contributed by atoms with van der Waals surface area (Å²) in [6.07, 6.45) is 3.43. The van der Waals surface area contributed by atoms with Gasteiger partial charge in [0.05, 0.1) is 10.6 Å². The summed E-state index contributed by atoms with van der Waals surface area (Å²) in [6.45, 7) is 3.52. The highest BCUT2D eigenvalue weighted by Crippen LogP contribution is 2.26. The van der Waals surface area contributed by atoms with Crippen LogP contribution in [0.25, 0.3) is 10.6 Å². The van der Waals surface area contributed by atoms with E-state index >= 15 is 0 Å². The van der Waals surface area contributed by atoms with E-state index in [2.05, 4.69) is 20.3 Å². The van der Waals surface area contributed by atoms with Crippen LogP contribution in [0.4, 0.5) is 11.6 Å². The number of hydrogen-bond acceptors (Lipinski definition) is 6. The predicted octanol–water partition coefficient (Wildman–Crippen LogP) is 3.85. The highest BCUT2D eigenvalue weighted by atomic mass is 32.1. The van der Waals surface area contributed by atoms with Crippen LogP contribution >= 0.6 is 11.3 Å². The molecule has 3 aromatic rings. The van der Waals surface area contributed by atoms with Crippen molar-refractivity contribution in [3.8, 4) is 10.6 Å². The van der Waals surface area contributed by atoms with Crippen LogP contribution in [0, 0.1) is 6.92 Å². The molecule has 22 heavy (non-hydrogen) atoms. The Balaban J connectivity index is 1.87. The van der Waals surface area contributed by atoms with Gasteiger partial charge in [-0.1, -0.05) is 6.07 Å². The molecule has 6 heteroatoms. The van der Waals surface area contributed by atoms with E-state index in [1.54, 1.807) is 12.4 Å². The monoisotopic (exact) mass is 310 g/mol. The maximum absolute atomic E-state index is 11.3. The van der Waals surface area contributed by atoms with Gasteiger partial charge in [0.15, 0.2) is 10.8 Å². The van der Waals surface area contributed by atoms with Gasteiger partial charge in [0.2, 0.25) is 0 Å². The van der Waals surface area contributed by atoms with Crippen molar-refractivity contribution in [1.29, 1.82) is 0 Å². The van der Waals surface area contributed by atoms with E-state index in [1.165, 1.54) is 18.3 Å². The maximum atomic E-state index is 11.3. The third-order valence-corrected chi connectivity index (χ3v) is 4.10. The Morgan fingerprint density at radius 1 is 1.18 bits per heavy atom. The number of carbonyl (C=O) groups is 1. The van der Waals surface area contributed by atoms with E-state index in [4.69, 9.17) is 0 Å². The molecule has 3 aromatic heterocycles. The molecule has 0 amide bonds. The van der Waals surface area contributed by atoms with Crippen LogP contribution in [0.5, 0.6) is 0 Å². The minimum Gasteiger partial charge on any atom is -0.325 e. The van der Waals surface area contributed by atoms with E-state index in [1.807, 2.05) is 37.3 Å². The molecule has 0 aliphatic rings. The third-order valence-electron chi connectivity index (χ3n) is 2.98. The lowest BCUT2D eigenvalue weighted by molar-refractivity contribution is 0.101. The average Bonchev–Trinajstić information content (AvgIpc) is 2.97. The Bertz CT molecular complexity index is 828. The smallest absolute Gasteiger partial charge is 0.188 e. The van der Waals surface area contributed by atoms with Gasteiger partial charge in [0.1, 0.15) is 11.6 Å². The number of nitrogens with one attached hydrogen (secondary N) is 1. The number of anilines is 2. The second-order valence-corrected chi connectivity index (χ2v) is 5.87. The Kier molecular flexibility index (Phi) is 3.93. The number of hydrogen-bond donors (Lipinski definition) is 1. The van der Waals surface area contributed by atoms with Gasteiger partial charge in [-0.3, -0.25) is 4.79 Å². The number of rotatable bonds is 4. The van der Waals surface area contributed by atoms with E-state index in [0.29, 0.717) is 10.8 Å². The molecule has 0 aliphatic heterocycles.